The lowest BCUT2D eigenvalue weighted by Gasteiger charge is -2.19. The third-order valence-corrected chi connectivity index (χ3v) is 7.17. The summed E-state index contributed by atoms with van der Waals surface area (Å²) in [5.41, 5.74) is 2.37. The van der Waals surface area contributed by atoms with E-state index in [9.17, 15) is 9.59 Å². The number of Topliss-reactive ketones (excluding diaryl/α,β-unsaturated/α-hetero) is 2. The van der Waals surface area contributed by atoms with E-state index in [1.807, 2.05) is 37.3 Å². The minimum Gasteiger partial charge on any atom is -0.381 e. The van der Waals surface area contributed by atoms with Gasteiger partial charge in [0.2, 0.25) is 0 Å². The van der Waals surface area contributed by atoms with Gasteiger partial charge in [0.1, 0.15) is 10.9 Å². The smallest absolute Gasteiger partial charge is 0.175 e. The third kappa shape index (κ3) is 4.37. The summed E-state index contributed by atoms with van der Waals surface area (Å²) in [6, 6.07) is 0. The standard InChI is InChI=1S/C23H24ClNO3S/c1-2-19-21(25-23(29-19)15-4-3-5-17(24)7-6-15)20-18(26)13-16(22(20)27)12-14-8-10-28-11-9-14/h3,5-7,12,14,20H,2,4,8-11,13H2,1H3/b16-12+. The third-order valence-electron chi connectivity index (χ3n) is 5.62. The Bertz CT molecular complexity index is 947. The van der Waals surface area contributed by atoms with Gasteiger partial charge < -0.3 is 4.74 Å². The van der Waals surface area contributed by atoms with E-state index >= 15 is 0 Å². The van der Waals surface area contributed by atoms with Gasteiger partial charge in [0, 0.05) is 29.5 Å². The SMILES string of the molecule is CCc1sc(C2=CC=C(Cl)C=CC2)nc1C1C(=O)C/C(=C\C2CCOCC2)C1=O. The first-order valence-electron chi connectivity index (χ1n) is 10.1. The van der Waals surface area contributed by atoms with E-state index in [2.05, 4.69) is 0 Å². The Hall–Kier alpha value is -1.82. The van der Waals surface area contributed by atoms with Crippen molar-refractivity contribution in [3.8, 4) is 0 Å². The van der Waals surface area contributed by atoms with Crippen molar-refractivity contribution in [3.05, 3.63) is 56.6 Å². The van der Waals surface area contributed by atoms with Crippen LogP contribution in [-0.2, 0) is 20.7 Å². The molecule has 0 N–H and O–H groups in total. The molecule has 6 heteroatoms. The monoisotopic (exact) mass is 429 g/mol. The van der Waals surface area contributed by atoms with Gasteiger partial charge in [-0.25, -0.2) is 4.98 Å². The van der Waals surface area contributed by atoms with Crippen molar-refractivity contribution in [1.82, 2.24) is 4.98 Å². The van der Waals surface area contributed by atoms with Crippen molar-refractivity contribution in [1.29, 1.82) is 0 Å². The van der Waals surface area contributed by atoms with Crippen LogP contribution in [0.1, 0.15) is 54.1 Å². The molecule has 2 aliphatic carbocycles. The molecule has 2 heterocycles. The van der Waals surface area contributed by atoms with Crippen LogP contribution in [-0.4, -0.2) is 29.8 Å². The summed E-state index contributed by atoms with van der Waals surface area (Å²) >= 11 is 7.66. The molecule has 1 aliphatic heterocycles. The predicted octanol–water partition coefficient (Wildman–Crippen LogP) is 5.15. The van der Waals surface area contributed by atoms with Crippen LogP contribution in [0, 0.1) is 5.92 Å². The van der Waals surface area contributed by atoms with E-state index in [0.717, 1.165) is 54.4 Å². The maximum atomic E-state index is 13.1. The lowest BCUT2D eigenvalue weighted by atomic mass is 9.95. The minimum absolute atomic E-state index is 0.0301. The Morgan fingerprint density at radius 3 is 2.83 bits per heavy atom. The first-order chi connectivity index (χ1) is 14.1. The van der Waals surface area contributed by atoms with E-state index in [1.165, 1.54) is 0 Å². The van der Waals surface area contributed by atoms with Gasteiger partial charge in [0.25, 0.3) is 0 Å². The summed E-state index contributed by atoms with van der Waals surface area (Å²) in [7, 11) is 0. The number of halogens is 1. The molecule has 0 radical (unpaired) electrons. The van der Waals surface area contributed by atoms with Crippen LogP contribution in [0.5, 0.6) is 0 Å². The molecule has 29 heavy (non-hydrogen) atoms. The van der Waals surface area contributed by atoms with Gasteiger partial charge in [0.15, 0.2) is 11.6 Å². The number of aryl methyl sites for hydroxylation is 1. The Labute approximate surface area is 180 Å². The first kappa shape index (κ1) is 20.5. The second-order valence-electron chi connectivity index (χ2n) is 7.61. The van der Waals surface area contributed by atoms with Gasteiger partial charge in [-0.2, -0.15) is 0 Å². The van der Waals surface area contributed by atoms with Crippen LogP contribution in [0.25, 0.3) is 5.57 Å². The molecule has 0 spiro atoms. The molecule has 2 fully saturated rings. The van der Waals surface area contributed by atoms with Crippen molar-refractivity contribution < 1.29 is 14.3 Å². The molecule has 3 aliphatic rings. The molecule has 152 valence electrons. The lowest BCUT2D eigenvalue weighted by molar-refractivity contribution is -0.123. The summed E-state index contributed by atoms with van der Waals surface area (Å²) in [4.78, 5) is 31.8. The number of allylic oxidation sites excluding steroid dienone is 8. The normalized spacial score (nSPS) is 24.8. The molecule has 0 aromatic carbocycles. The van der Waals surface area contributed by atoms with E-state index in [0.29, 0.717) is 22.2 Å². The second-order valence-corrected chi connectivity index (χ2v) is 9.13. The van der Waals surface area contributed by atoms with Crippen molar-refractivity contribution in [2.75, 3.05) is 13.2 Å². The molecule has 1 aromatic rings. The highest BCUT2D eigenvalue weighted by molar-refractivity contribution is 7.12. The maximum absolute atomic E-state index is 13.1. The lowest BCUT2D eigenvalue weighted by Crippen LogP contribution is -2.16. The maximum Gasteiger partial charge on any atom is 0.175 e. The Morgan fingerprint density at radius 2 is 2.07 bits per heavy atom. The number of carbonyl (C=O) groups is 2. The highest BCUT2D eigenvalue weighted by Crippen LogP contribution is 2.38. The first-order valence-corrected chi connectivity index (χ1v) is 11.3. The summed E-state index contributed by atoms with van der Waals surface area (Å²) in [6.45, 7) is 3.48. The van der Waals surface area contributed by atoms with Crippen LogP contribution in [0.4, 0.5) is 0 Å². The van der Waals surface area contributed by atoms with Crippen LogP contribution < -0.4 is 0 Å². The van der Waals surface area contributed by atoms with Crippen molar-refractivity contribution in [2.45, 2.75) is 44.9 Å². The molecule has 1 aromatic heterocycles. The molecule has 4 nitrogen and oxygen atoms in total. The van der Waals surface area contributed by atoms with Crippen LogP contribution in [0.3, 0.4) is 0 Å². The summed E-state index contributed by atoms with van der Waals surface area (Å²) in [5.74, 6) is -0.518. The molecule has 4 rings (SSSR count). The molecule has 0 amide bonds. The second kappa shape index (κ2) is 8.90. The number of thiazole rings is 1. The van der Waals surface area contributed by atoms with E-state index in [-0.39, 0.29) is 18.0 Å². The summed E-state index contributed by atoms with van der Waals surface area (Å²) < 4.78 is 5.40. The molecular formula is C23H24ClNO3S. The van der Waals surface area contributed by atoms with Gasteiger partial charge >= 0.3 is 0 Å². The average Bonchev–Trinajstić information content (AvgIpc) is 3.16. The largest absolute Gasteiger partial charge is 0.381 e. The topological polar surface area (TPSA) is 56.3 Å². The predicted molar refractivity (Wildman–Crippen MR) is 116 cm³/mol. The zero-order chi connectivity index (χ0) is 20.4. The molecular weight excluding hydrogens is 406 g/mol. The summed E-state index contributed by atoms with van der Waals surface area (Å²) in [5, 5.41) is 1.54. The van der Waals surface area contributed by atoms with Crippen molar-refractivity contribution >= 4 is 40.1 Å². The Morgan fingerprint density at radius 1 is 1.28 bits per heavy atom. The number of ketones is 2. The number of rotatable bonds is 4. The van der Waals surface area contributed by atoms with Gasteiger partial charge in [-0.15, -0.1) is 11.3 Å². The number of hydrogen-bond acceptors (Lipinski definition) is 5. The van der Waals surface area contributed by atoms with E-state index in [4.69, 9.17) is 21.3 Å². The van der Waals surface area contributed by atoms with Crippen molar-refractivity contribution in [2.24, 2.45) is 5.92 Å². The summed E-state index contributed by atoms with van der Waals surface area (Å²) in [6.07, 6.45) is 13.2. The van der Waals surface area contributed by atoms with Gasteiger partial charge in [0.05, 0.1) is 5.69 Å². The highest BCUT2D eigenvalue weighted by atomic mass is 35.5. The minimum atomic E-state index is -0.748. The van der Waals surface area contributed by atoms with E-state index in [1.54, 1.807) is 11.3 Å². The van der Waals surface area contributed by atoms with Crippen LogP contribution in [0.2, 0.25) is 0 Å². The Balaban J connectivity index is 1.63. The van der Waals surface area contributed by atoms with Crippen LogP contribution in [0.15, 0.2) is 41.0 Å². The highest BCUT2D eigenvalue weighted by Gasteiger charge is 2.41. The molecule has 1 unspecified atom stereocenters. The molecule has 0 bridgehead atoms. The molecule has 1 saturated carbocycles. The zero-order valence-electron chi connectivity index (χ0n) is 16.4. The van der Waals surface area contributed by atoms with E-state index < -0.39 is 5.92 Å². The van der Waals surface area contributed by atoms with Crippen molar-refractivity contribution in [3.63, 3.8) is 0 Å². The fraction of sp³-hybridized carbons (Fsp3) is 0.435. The number of carbonyl (C=O) groups excluding carboxylic acids is 2. The number of hydrogen-bond donors (Lipinski definition) is 0. The fourth-order valence-electron chi connectivity index (χ4n) is 4.03. The number of aromatic nitrogens is 1. The fourth-order valence-corrected chi connectivity index (χ4v) is 5.26. The molecule has 1 saturated heterocycles. The number of nitrogens with zero attached hydrogens (tertiary/aromatic N) is 1. The number of ether oxygens (including phenoxy) is 1. The molecule has 1 atom stereocenters. The Kier molecular flexibility index (Phi) is 6.28. The zero-order valence-corrected chi connectivity index (χ0v) is 18.0. The van der Waals surface area contributed by atoms with Crippen LogP contribution >= 0.6 is 22.9 Å². The average molecular weight is 430 g/mol. The van der Waals surface area contributed by atoms with Gasteiger partial charge in [-0.05, 0) is 54.9 Å². The van der Waals surface area contributed by atoms with Gasteiger partial charge in [-0.1, -0.05) is 36.8 Å². The quantitative estimate of drug-likeness (QED) is 0.490. The van der Waals surface area contributed by atoms with Gasteiger partial charge in [-0.3, -0.25) is 9.59 Å².